The molecule has 2 aliphatic rings. The summed E-state index contributed by atoms with van der Waals surface area (Å²) in [5.41, 5.74) is 6.20. The molecule has 5 heteroatoms. The van der Waals surface area contributed by atoms with Crippen molar-refractivity contribution in [2.24, 2.45) is 17.6 Å². The summed E-state index contributed by atoms with van der Waals surface area (Å²) in [4.78, 5) is 0. The Morgan fingerprint density at radius 2 is 1.78 bits per heavy atom. The molecule has 1 aliphatic carbocycles. The Hall–Kier alpha value is -0.130. The van der Waals surface area contributed by atoms with Gasteiger partial charge < -0.3 is 5.73 Å². The van der Waals surface area contributed by atoms with E-state index in [2.05, 4.69) is 0 Å². The molecule has 0 radical (unpaired) electrons. The Morgan fingerprint density at radius 3 is 2.33 bits per heavy atom. The van der Waals surface area contributed by atoms with Crippen molar-refractivity contribution >= 4 is 10.0 Å². The highest BCUT2D eigenvalue weighted by Gasteiger charge is 2.28. The molecule has 0 spiro atoms. The minimum absolute atomic E-state index is 0.264. The smallest absolute Gasteiger partial charge is 0.211 e. The molecule has 2 N–H and O–H groups in total. The predicted molar refractivity (Wildman–Crippen MR) is 73.7 cm³/mol. The number of sulfonamides is 1. The zero-order valence-corrected chi connectivity index (χ0v) is 12.2. The second-order valence-corrected chi connectivity index (χ2v) is 8.14. The monoisotopic (exact) mass is 274 g/mol. The van der Waals surface area contributed by atoms with E-state index in [0.717, 1.165) is 31.6 Å². The molecule has 1 aliphatic heterocycles. The Morgan fingerprint density at radius 1 is 1.17 bits per heavy atom. The van der Waals surface area contributed by atoms with Gasteiger partial charge >= 0.3 is 0 Å². The quantitative estimate of drug-likeness (QED) is 0.827. The lowest BCUT2D eigenvalue weighted by Gasteiger charge is -2.34. The highest BCUT2D eigenvalue weighted by atomic mass is 32.2. The molecule has 2 atom stereocenters. The molecule has 1 saturated carbocycles. The van der Waals surface area contributed by atoms with Crippen LogP contribution in [0.3, 0.4) is 0 Å². The first kappa shape index (κ1) is 14.3. The van der Waals surface area contributed by atoms with Gasteiger partial charge in [-0.05, 0) is 37.5 Å². The number of hydrogen-bond acceptors (Lipinski definition) is 3. The van der Waals surface area contributed by atoms with Gasteiger partial charge in [0.25, 0.3) is 0 Å². The first-order valence-corrected chi connectivity index (χ1v) is 9.00. The summed E-state index contributed by atoms with van der Waals surface area (Å²) in [5, 5.41) is 0. The molecular weight excluding hydrogens is 248 g/mol. The standard InChI is InChI=1S/C13H26N2O2S/c1-18(16,17)15-7-3-6-12(10-15)9-13(14)8-11-4-2-5-11/h11-13H,2-10,14H2,1H3. The van der Waals surface area contributed by atoms with E-state index in [1.807, 2.05) is 0 Å². The summed E-state index contributed by atoms with van der Waals surface area (Å²) in [5.74, 6) is 1.30. The molecule has 0 aromatic carbocycles. The lowest BCUT2D eigenvalue weighted by Crippen LogP contribution is -2.41. The molecule has 0 aromatic heterocycles. The minimum atomic E-state index is -3.02. The van der Waals surface area contributed by atoms with Crippen molar-refractivity contribution in [2.45, 2.75) is 51.0 Å². The third kappa shape index (κ3) is 3.93. The first-order chi connectivity index (χ1) is 8.45. The van der Waals surface area contributed by atoms with Crippen LogP contribution in [0.2, 0.25) is 0 Å². The van der Waals surface area contributed by atoms with Gasteiger partial charge in [0.1, 0.15) is 0 Å². The van der Waals surface area contributed by atoms with Gasteiger partial charge in [0.15, 0.2) is 0 Å². The van der Waals surface area contributed by atoms with Gasteiger partial charge in [0.2, 0.25) is 10.0 Å². The van der Waals surface area contributed by atoms with Crippen LogP contribution in [0.4, 0.5) is 0 Å². The van der Waals surface area contributed by atoms with Crippen LogP contribution >= 0.6 is 0 Å². The maximum atomic E-state index is 11.5. The van der Waals surface area contributed by atoms with Crippen molar-refractivity contribution in [3.05, 3.63) is 0 Å². The lowest BCUT2D eigenvalue weighted by atomic mass is 9.79. The van der Waals surface area contributed by atoms with E-state index in [1.54, 1.807) is 4.31 Å². The average Bonchev–Trinajstić information content (AvgIpc) is 2.23. The minimum Gasteiger partial charge on any atom is -0.328 e. The Kier molecular flexibility index (Phi) is 4.67. The number of nitrogens with two attached hydrogens (primary N) is 1. The van der Waals surface area contributed by atoms with Gasteiger partial charge in [-0.1, -0.05) is 19.3 Å². The summed E-state index contributed by atoms with van der Waals surface area (Å²) in [7, 11) is -3.02. The largest absolute Gasteiger partial charge is 0.328 e. The van der Waals surface area contributed by atoms with E-state index < -0.39 is 10.0 Å². The fourth-order valence-corrected chi connectivity index (χ4v) is 4.14. The molecule has 0 amide bonds. The fourth-order valence-electron chi connectivity index (χ4n) is 3.20. The van der Waals surface area contributed by atoms with E-state index in [0.29, 0.717) is 19.0 Å². The Balaban J connectivity index is 1.78. The predicted octanol–water partition coefficient (Wildman–Crippen LogP) is 1.57. The van der Waals surface area contributed by atoms with Crippen molar-refractivity contribution in [1.29, 1.82) is 0 Å². The third-order valence-corrected chi connectivity index (χ3v) is 5.72. The van der Waals surface area contributed by atoms with Crippen molar-refractivity contribution in [3.63, 3.8) is 0 Å². The first-order valence-electron chi connectivity index (χ1n) is 7.16. The molecular formula is C13H26N2O2S. The third-order valence-electron chi connectivity index (χ3n) is 4.45. The zero-order chi connectivity index (χ0) is 13.2. The van der Waals surface area contributed by atoms with Crippen molar-refractivity contribution in [1.82, 2.24) is 4.31 Å². The van der Waals surface area contributed by atoms with Gasteiger partial charge in [-0.15, -0.1) is 0 Å². The molecule has 0 bridgehead atoms. The maximum absolute atomic E-state index is 11.5. The van der Waals surface area contributed by atoms with Gasteiger partial charge in [-0.25, -0.2) is 12.7 Å². The summed E-state index contributed by atoms with van der Waals surface area (Å²) in [6.07, 6.45) is 9.59. The molecule has 2 rings (SSSR count). The van der Waals surface area contributed by atoms with Crippen LogP contribution in [0.5, 0.6) is 0 Å². The van der Waals surface area contributed by atoms with Crippen LogP contribution in [0.15, 0.2) is 0 Å². The Labute approximate surface area is 111 Å². The van der Waals surface area contributed by atoms with Crippen LogP contribution in [0, 0.1) is 11.8 Å². The lowest BCUT2D eigenvalue weighted by molar-refractivity contribution is 0.219. The van der Waals surface area contributed by atoms with Crippen LogP contribution in [-0.4, -0.2) is 38.1 Å². The molecule has 106 valence electrons. The number of piperidine rings is 1. The van der Waals surface area contributed by atoms with Crippen LogP contribution in [0.1, 0.15) is 44.9 Å². The SMILES string of the molecule is CS(=O)(=O)N1CCCC(CC(N)CC2CCC2)C1. The van der Waals surface area contributed by atoms with Crippen molar-refractivity contribution < 1.29 is 8.42 Å². The van der Waals surface area contributed by atoms with E-state index in [4.69, 9.17) is 5.73 Å². The normalized spacial score (nSPS) is 28.9. The summed E-state index contributed by atoms with van der Waals surface area (Å²) in [6, 6.07) is 0.264. The highest BCUT2D eigenvalue weighted by Crippen LogP contribution is 2.32. The average molecular weight is 274 g/mol. The molecule has 0 aromatic rings. The van der Waals surface area contributed by atoms with Gasteiger partial charge in [0.05, 0.1) is 6.26 Å². The number of hydrogen-bond donors (Lipinski definition) is 1. The second kappa shape index (κ2) is 5.88. The number of rotatable bonds is 5. The van der Waals surface area contributed by atoms with Crippen LogP contribution < -0.4 is 5.73 Å². The van der Waals surface area contributed by atoms with Gasteiger partial charge in [-0.2, -0.15) is 0 Å². The van der Waals surface area contributed by atoms with Crippen molar-refractivity contribution in [3.8, 4) is 0 Å². The Bertz CT molecular complexity index is 365. The number of nitrogens with zero attached hydrogens (tertiary/aromatic N) is 1. The highest BCUT2D eigenvalue weighted by molar-refractivity contribution is 7.88. The zero-order valence-electron chi connectivity index (χ0n) is 11.3. The van der Waals surface area contributed by atoms with E-state index in [-0.39, 0.29) is 6.04 Å². The topological polar surface area (TPSA) is 63.4 Å². The van der Waals surface area contributed by atoms with Crippen molar-refractivity contribution in [2.75, 3.05) is 19.3 Å². The van der Waals surface area contributed by atoms with E-state index in [9.17, 15) is 8.42 Å². The fraction of sp³-hybridized carbons (Fsp3) is 1.00. The molecule has 4 nitrogen and oxygen atoms in total. The molecule has 18 heavy (non-hydrogen) atoms. The maximum Gasteiger partial charge on any atom is 0.211 e. The van der Waals surface area contributed by atoms with Gasteiger partial charge in [0, 0.05) is 19.1 Å². The summed E-state index contributed by atoms with van der Waals surface area (Å²) < 4.78 is 24.7. The van der Waals surface area contributed by atoms with Crippen LogP contribution in [0.25, 0.3) is 0 Å². The molecule has 2 fully saturated rings. The molecule has 1 saturated heterocycles. The second-order valence-electron chi connectivity index (χ2n) is 6.16. The van der Waals surface area contributed by atoms with Gasteiger partial charge in [-0.3, -0.25) is 0 Å². The molecule has 1 heterocycles. The van der Waals surface area contributed by atoms with E-state index in [1.165, 1.54) is 25.5 Å². The summed E-state index contributed by atoms with van der Waals surface area (Å²) in [6.45, 7) is 1.37. The molecule has 2 unspecified atom stereocenters. The summed E-state index contributed by atoms with van der Waals surface area (Å²) >= 11 is 0. The van der Waals surface area contributed by atoms with E-state index >= 15 is 0 Å². The van der Waals surface area contributed by atoms with Crippen LogP contribution in [-0.2, 0) is 10.0 Å².